The number of aromatic nitrogens is 2. The van der Waals surface area contributed by atoms with E-state index < -0.39 is 0 Å². The number of carbonyl (C=O) groups excluding carboxylic acids is 1. The minimum absolute atomic E-state index is 0.0164. The fourth-order valence-electron chi connectivity index (χ4n) is 4.95. The molecule has 1 spiro atoms. The van der Waals surface area contributed by atoms with E-state index in [1.165, 1.54) is 23.7 Å². The highest BCUT2D eigenvalue weighted by Gasteiger charge is 2.43. The number of benzene rings is 1. The first-order valence-electron chi connectivity index (χ1n) is 10.7. The smallest absolute Gasteiger partial charge is 0.316 e. The van der Waals surface area contributed by atoms with Crippen molar-refractivity contribution in [1.82, 2.24) is 9.55 Å². The standard InChI is InChI=1S/C24H28N2O3S/c1-3-14-26-22(28)20-21(25-23(26)30-16-19(27)29-4-2)18-11-7-6-10-17(18)15-24(20)12-8-5-9-13-24/h3,6-7,10-11H,1,4-5,8-9,12-16H2,2H3. The van der Waals surface area contributed by atoms with E-state index >= 15 is 0 Å². The molecular weight excluding hydrogens is 396 g/mol. The lowest BCUT2D eigenvalue weighted by atomic mass is 9.62. The summed E-state index contributed by atoms with van der Waals surface area (Å²) in [6, 6.07) is 8.30. The quantitative estimate of drug-likeness (QED) is 0.296. The van der Waals surface area contributed by atoms with Gasteiger partial charge < -0.3 is 4.74 Å². The van der Waals surface area contributed by atoms with Gasteiger partial charge in [-0.2, -0.15) is 0 Å². The molecule has 1 fully saturated rings. The van der Waals surface area contributed by atoms with E-state index in [9.17, 15) is 9.59 Å². The van der Waals surface area contributed by atoms with Gasteiger partial charge in [0.15, 0.2) is 5.16 Å². The summed E-state index contributed by atoms with van der Waals surface area (Å²) in [6.07, 6.45) is 8.16. The maximum atomic E-state index is 13.8. The summed E-state index contributed by atoms with van der Waals surface area (Å²) in [4.78, 5) is 30.7. The molecule has 0 amide bonds. The zero-order valence-corrected chi connectivity index (χ0v) is 18.3. The average molecular weight is 425 g/mol. The van der Waals surface area contributed by atoms with E-state index in [-0.39, 0.29) is 22.7 Å². The van der Waals surface area contributed by atoms with Crippen LogP contribution >= 0.6 is 11.8 Å². The van der Waals surface area contributed by atoms with Crippen molar-refractivity contribution < 1.29 is 9.53 Å². The summed E-state index contributed by atoms with van der Waals surface area (Å²) in [5.41, 5.74) is 3.85. The lowest BCUT2D eigenvalue weighted by molar-refractivity contribution is -0.139. The van der Waals surface area contributed by atoms with Gasteiger partial charge in [-0.15, -0.1) is 6.58 Å². The molecule has 0 aliphatic heterocycles. The molecular formula is C24H28N2O3S. The topological polar surface area (TPSA) is 61.2 Å². The fraction of sp³-hybridized carbons (Fsp3) is 0.458. The van der Waals surface area contributed by atoms with Gasteiger partial charge in [0.1, 0.15) is 0 Å². The predicted molar refractivity (Wildman–Crippen MR) is 120 cm³/mol. The SMILES string of the molecule is C=CCn1c(SCC(=O)OCC)nc2c(c1=O)C1(CCCCC1)Cc1ccccc1-2. The van der Waals surface area contributed by atoms with Gasteiger partial charge in [0.25, 0.3) is 5.56 Å². The number of carbonyl (C=O) groups is 1. The molecule has 2 aromatic rings. The molecule has 30 heavy (non-hydrogen) atoms. The number of esters is 1. The number of ether oxygens (including phenoxy) is 1. The molecule has 5 nitrogen and oxygen atoms in total. The first-order chi connectivity index (χ1) is 14.6. The Balaban J connectivity index is 1.88. The molecule has 0 bridgehead atoms. The molecule has 1 heterocycles. The van der Waals surface area contributed by atoms with E-state index in [0.29, 0.717) is 18.3 Å². The van der Waals surface area contributed by atoms with Gasteiger partial charge in [0, 0.05) is 17.5 Å². The van der Waals surface area contributed by atoms with Gasteiger partial charge in [-0.25, -0.2) is 4.98 Å². The van der Waals surface area contributed by atoms with E-state index in [2.05, 4.69) is 24.8 Å². The minimum Gasteiger partial charge on any atom is -0.465 e. The van der Waals surface area contributed by atoms with Crippen LogP contribution in [-0.2, 0) is 27.9 Å². The molecule has 0 unspecified atom stereocenters. The number of fused-ring (bicyclic) bond motifs is 4. The lowest BCUT2D eigenvalue weighted by Gasteiger charge is -2.42. The highest BCUT2D eigenvalue weighted by Crippen LogP contribution is 2.48. The predicted octanol–water partition coefficient (Wildman–Crippen LogP) is 4.51. The van der Waals surface area contributed by atoms with Crippen LogP contribution in [0.4, 0.5) is 0 Å². The van der Waals surface area contributed by atoms with Crippen LogP contribution in [0.25, 0.3) is 11.3 Å². The Bertz CT molecular complexity index is 1020. The van der Waals surface area contributed by atoms with Crippen molar-refractivity contribution >= 4 is 17.7 Å². The summed E-state index contributed by atoms with van der Waals surface area (Å²) in [5.74, 6) is -0.174. The second-order valence-electron chi connectivity index (χ2n) is 8.09. The Labute approximate surface area is 181 Å². The van der Waals surface area contributed by atoms with Crippen LogP contribution in [0.5, 0.6) is 0 Å². The molecule has 1 aromatic carbocycles. The third-order valence-electron chi connectivity index (χ3n) is 6.21. The molecule has 158 valence electrons. The third kappa shape index (κ3) is 3.73. The number of nitrogens with zero attached hydrogens (tertiary/aromatic N) is 2. The van der Waals surface area contributed by atoms with Crippen LogP contribution in [0.2, 0.25) is 0 Å². The maximum Gasteiger partial charge on any atom is 0.316 e. The molecule has 2 aliphatic rings. The van der Waals surface area contributed by atoms with Crippen molar-refractivity contribution in [2.24, 2.45) is 0 Å². The van der Waals surface area contributed by atoms with Crippen molar-refractivity contribution in [3.05, 3.63) is 58.4 Å². The number of thioether (sulfide) groups is 1. The average Bonchev–Trinajstić information content (AvgIpc) is 2.75. The lowest BCUT2D eigenvalue weighted by Crippen LogP contribution is -2.43. The normalized spacial score (nSPS) is 16.6. The molecule has 4 rings (SSSR count). The van der Waals surface area contributed by atoms with Crippen LogP contribution in [0.3, 0.4) is 0 Å². The van der Waals surface area contributed by atoms with Gasteiger partial charge in [-0.1, -0.05) is 61.4 Å². The highest BCUT2D eigenvalue weighted by atomic mass is 32.2. The third-order valence-corrected chi connectivity index (χ3v) is 7.16. The van der Waals surface area contributed by atoms with Crippen LogP contribution in [-0.4, -0.2) is 27.9 Å². The van der Waals surface area contributed by atoms with Gasteiger partial charge in [0.2, 0.25) is 0 Å². The Morgan fingerprint density at radius 3 is 2.80 bits per heavy atom. The number of rotatable bonds is 6. The van der Waals surface area contributed by atoms with Gasteiger partial charge in [-0.05, 0) is 31.7 Å². The second kappa shape index (κ2) is 8.80. The summed E-state index contributed by atoms with van der Waals surface area (Å²) in [7, 11) is 0. The first-order valence-corrected chi connectivity index (χ1v) is 11.7. The zero-order chi connectivity index (χ0) is 21.1. The summed E-state index contributed by atoms with van der Waals surface area (Å²) in [6.45, 7) is 6.33. The summed E-state index contributed by atoms with van der Waals surface area (Å²) in [5, 5.41) is 0.550. The summed E-state index contributed by atoms with van der Waals surface area (Å²) < 4.78 is 6.74. The van der Waals surface area contributed by atoms with E-state index in [1.807, 2.05) is 6.07 Å². The molecule has 2 aliphatic carbocycles. The van der Waals surface area contributed by atoms with Crippen LogP contribution in [0, 0.1) is 0 Å². The van der Waals surface area contributed by atoms with Crippen molar-refractivity contribution in [2.75, 3.05) is 12.4 Å². The molecule has 0 atom stereocenters. The molecule has 1 saturated carbocycles. The fourth-order valence-corrected chi connectivity index (χ4v) is 5.75. The maximum absolute atomic E-state index is 13.8. The zero-order valence-electron chi connectivity index (χ0n) is 17.5. The molecule has 0 saturated heterocycles. The van der Waals surface area contributed by atoms with E-state index in [1.54, 1.807) is 17.6 Å². The number of hydrogen-bond donors (Lipinski definition) is 0. The second-order valence-corrected chi connectivity index (χ2v) is 9.03. The van der Waals surface area contributed by atoms with Crippen LogP contribution < -0.4 is 5.56 Å². The Hall–Kier alpha value is -2.34. The van der Waals surface area contributed by atoms with Crippen molar-refractivity contribution in [2.45, 2.75) is 62.6 Å². The monoisotopic (exact) mass is 424 g/mol. The Morgan fingerprint density at radius 2 is 2.07 bits per heavy atom. The van der Waals surface area contributed by atoms with Gasteiger partial charge >= 0.3 is 5.97 Å². The van der Waals surface area contributed by atoms with Crippen molar-refractivity contribution in [3.8, 4) is 11.3 Å². The largest absolute Gasteiger partial charge is 0.465 e. The minimum atomic E-state index is -0.302. The van der Waals surface area contributed by atoms with Crippen molar-refractivity contribution in [3.63, 3.8) is 0 Å². The molecule has 6 heteroatoms. The Morgan fingerprint density at radius 1 is 1.30 bits per heavy atom. The van der Waals surface area contributed by atoms with Gasteiger partial charge in [0.05, 0.1) is 23.6 Å². The van der Waals surface area contributed by atoms with Gasteiger partial charge in [-0.3, -0.25) is 14.2 Å². The Kier molecular flexibility index (Phi) is 6.14. The van der Waals surface area contributed by atoms with Crippen LogP contribution in [0.15, 0.2) is 46.9 Å². The summed E-state index contributed by atoms with van der Waals surface area (Å²) >= 11 is 1.26. The molecule has 1 aromatic heterocycles. The van der Waals surface area contributed by atoms with Crippen molar-refractivity contribution in [1.29, 1.82) is 0 Å². The van der Waals surface area contributed by atoms with E-state index in [4.69, 9.17) is 9.72 Å². The number of allylic oxidation sites excluding steroid dienone is 1. The van der Waals surface area contributed by atoms with Crippen LogP contribution in [0.1, 0.15) is 50.2 Å². The first kappa shape index (κ1) is 20.9. The molecule has 0 N–H and O–H groups in total. The molecule has 0 radical (unpaired) electrons. The number of hydrogen-bond acceptors (Lipinski definition) is 5. The highest BCUT2D eigenvalue weighted by molar-refractivity contribution is 7.99. The van der Waals surface area contributed by atoms with E-state index in [0.717, 1.165) is 48.9 Å².